The summed E-state index contributed by atoms with van der Waals surface area (Å²) in [6, 6.07) is 0.131. The van der Waals surface area contributed by atoms with Crippen molar-refractivity contribution < 1.29 is 8.42 Å². The largest absolute Gasteiger partial charge is 0.326 e. The maximum Gasteiger partial charge on any atom is 0.147 e. The zero-order valence-corrected chi connectivity index (χ0v) is 8.10. The summed E-state index contributed by atoms with van der Waals surface area (Å²) in [5.41, 5.74) is 5.75. The Hall–Kier alpha value is -0.130. The summed E-state index contributed by atoms with van der Waals surface area (Å²) in [6.45, 7) is 1.67. The highest BCUT2D eigenvalue weighted by Crippen LogP contribution is 2.12. The maximum absolute atomic E-state index is 10.8. The first-order valence-corrected chi connectivity index (χ1v) is 6.19. The Morgan fingerprint density at radius 1 is 1.50 bits per heavy atom. The van der Waals surface area contributed by atoms with E-state index in [1.165, 1.54) is 6.26 Å². The number of nitrogens with two attached hydrogens (primary N) is 1. The van der Waals surface area contributed by atoms with Crippen molar-refractivity contribution in [3.63, 3.8) is 0 Å². The van der Waals surface area contributed by atoms with E-state index < -0.39 is 9.84 Å². The van der Waals surface area contributed by atoms with Gasteiger partial charge in [-0.3, -0.25) is 0 Å². The lowest BCUT2D eigenvalue weighted by Gasteiger charge is -2.12. The third-order valence-corrected chi connectivity index (χ3v) is 3.23. The average Bonchev–Trinajstić information content (AvgIpc) is 2.29. The fourth-order valence-electron chi connectivity index (χ4n) is 1.44. The van der Waals surface area contributed by atoms with Crippen molar-refractivity contribution in [3.8, 4) is 0 Å². The van der Waals surface area contributed by atoms with Crippen molar-refractivity contribution in [1.82, 2.24) is 5.32 Å². The average molecular weight is 192 g/mol. The summed E-state index contributed by atoms with van der Waals surface area (Å²) in [5, 5.41) is 3.14. The van der Waals surface area contributed by atoms with Crippen molar-refractivity contribution in [3.05, 3.63) is 0 Å². The Labute approximate surface area is 73.4 Å². The quantitative estimate of drug-likeness (QED) is 0.599. The maximum atomic E-state index is 10.8. The van der Waals surface area contributed by atoms with Gasteiger partial charge in [0.15, 0.2) is 0 Å². The van der Waals surface area contributed by atoms with E-state index in [1.807, 2.05) is 0 Å². The number of rotatable bonds is 3. The fourth-order valence-corrected chi connectivity index (χ4v) is 2.17. The van der Waals surface area contributed by atoms with Crippen LogP contribution in [0.25, 0.3) is 0 Å². The monoisotopic (exact) mass is 192 g/mol. The Morgan fingerprint density at radius 3 is 2.58 bits per heavy atom. The normalized spacial score (nSPS) is 30.8. The summed E-state index contributed by atoms with van der Waals surface area (Å²) in [4.78, 5) is 0. The van der Waals surface area contributed by atoms with Crippen LogP contribution in [0.1, 0.15) is 6.42 Å². The first-order valence-electron chi connectivity index (χ1n) is 4.13. The number of sulfone groups is 1. The Balaban J connectivity index is 2.32. The molecule has 1 rings (SSSR count). The van der Waals surface area contributed by atoms with Crippen molar-refractivity contribution >= 4 is 9.84 Å². The van der Waals surface area contributed by atoms with Crippen LogP contribution in [0.15, 0.2) is 0 Å². The molecule has 0 aromatic rings. The van der Waals surface area contributed by atoms with Crippen LogP contribution in [0.3, 0.4) is 0 Å². The molecule has 0 bridgehead atoms. The summed E-state index contributed by atoms with van der Waals surface area (Å²) < 4.78 is 21.7. The first-order chi connectivity index (χ1) is 5.49. The van der Waals surface area contributed by atoms with Gasteiger partial charge in [-0.1, -0.05) is 0 Å². The molecule has 0 saturated carbocycles. The molecule has 0 amide bonds. The van der Waals surface area contributed by atoms with Crippen LogP contribution < -0.4 is 11.1 Å². The van der Waals surface area contributed by atoms with Crippen LogP contribution in [0, 0.1) is 5.92 Å². The van der Waals surface area contributed by atoms with Gasteiger partial charge in [-0.05, 0) is 18.9 Å². The molecule has 0 aromatic heterocycles. The molecule has 2 unspecified atom stereocenters. The van der Waals surface area contributed by atoms with Crippen molar-refractivity contribution in [2.75, 3.05) is 25.1 Å². The van der Waals surface area contributed by atoms with E-state index in [0.717, 1.165) is 13.1 Å². The minimum Gasteiger partial charge on any atom is -0.326 e. The molecule has 1 fully saturated rings. The van der Waals surface area contributed by atoms with E-state index >= 15 is 0 Å². The second-order valence-corrected chi connectivity index (χ2v) is 5.76. The van der Waals surface area contributed by atoms with Crippen LogP contribution in [-0.2, 0) is 9.84 Å². The summed E-state index contributed by atoms with van der Waals surface area (Å²) >= 11 is 0. The van der Waals surface area contributed by atoms with Crippen LogP contribution in [0.2, 0.25) is 0 Å². The van der Waals surface area contributed by atoms with E-state index in [9.17, 15) is 8.42 Å². The van der Waals surface area contributed by atoms with Gasteiger partial charge in [-0.25, -0.2) is 8.42 Å². The van der Waals surface area contributed by atoms with Gasteiger partial charge in [0.2, 0.25) is 0 Å². The molecule has 72 valence electrons. The second-order valence-electron chi connectivity index (χ2n) is 3.50. The molecule has 0 aromatic carbocycles. The summed E-state index contributed by atoms with van der Waals surface area (Å²) in [5.74, 6) is 0.590. The SMILES string of the molecule is CS(=O)(=O)CCC1CNCC1N. The van der Waals surface area contributed by atoms with E-state index in [0.29, 0.717) is 12.3 Å². The third-order valence-electron chi connectivity index (χ3n) is 2.25. The Morgan fingerprint density at radius 2 is 2.17 bits per heavy atom. The first kappa shape index (κ1) is 9.95. The lowest BCUT2D eigenvalue weighted by atomic mass is 10.0. The zero-order chi connectivity index (χ0) is 9.19. The van der Waals surface area contributed by atoms with E-state index in [-0.39, 0.29) is 11.8 Å². The molecule has 3 N–H and O–H groups in total. The highest BCUT2D eigenvalue weighted by atomic mass is 32.2. The molecule has 2 atom stereocenters. The smallest absolute Gasteiger partial charge is 0.147 e. The number of nitrogens with one attached hydrogen (secondary N) is 1. The molecule has 1 aliphatic heterocycles. The van der Waals surface area contributed by atoms with Gasteiger partial charge in [-0.2, -0.15) is 0 Å². The third kappa shape index (κ3) is 3.08. The zero-order valence-electron chi connectivity index (χ0n) is 7.29. The molecule has 1 heterocycles. The van der Waals surface area contributed by atoms with Gasteiger partial charge in [0.25, 0.3) is 0 Å². The molecule has 0 spiro atoms. The van der Waals surface area contributed by atoms with Gasteiger partial charge < -0.3 is 11.1 Å². The van der Waals surface area contributed by atoms with E-state index in [1.54, 1.807) is 0 Å². The fraction of sp³-hybridized carbons (Fsp3) is 1.00. The van der Waals surface area contributed by atoms with Gasteiger partial charge in [0.05, 0.1) is 5.75 Å². The minimum atomic E-state index is -2.82. The number of hydrogen-bond donors (Lipinski definition) is 2. The minimum absolute atomic E-state index is 0.131. The molecule has 0 aliphatic carbocycles. The second kappa shape index (κ2) is 3.72. The Kier molecular flexibility index (Phi) is 3.09. The standard InChI is InChI=1S/C7H16N2O2S/c1-12(10,11)3-2-6-4-9-5-7(6)8/h6-7,9H,2-5,8H2,1H3. The van der Waals surface area contributed by atoms with Gasteiger partial charge in [0.1, 0.15) is 9.84 Å². The molecule has 4 nitrogen and oxygen atoms in total. The van der Waals surface area contributed by atoms with E-state index in [2.05, 4.69) is 5.32 Å². The van der Waals surface area contributed by atoms with Crippen LogP contribution >= 0.6 is 0 Å². The molecule has 1 saturated heterocycles. The van der Waals surface area contributed by atoms with Crippen LogP contribution in [0.5, 0.6) is 0 Å². The van der Waals surface area contributed by atoms with E-state index in [4.69, 9.17) is 5.73 Å². The summed E-state index contributed by atoms with van der Waals surface area (Å²) in [7, 11) is -2.82. The van der Waals surface area contributed by atoms with Gasteiger partial charge >= 0.3 is 0 Å². The van der Waals surface area contributed by atoms with Crippen LogP contribution in [0.4, 0.5) is 0 Å². The predicted molar refractivity (Wildman–Crippen MR) is 48.7 cm³/mol. The molecule has 0 radical (unpaired) electrons. The number of hydrogen-bond acceptors (Lipinski definition) is 4. The molecule has 5 heteroatoms. The molecule has 1 aliphatic rings. The summed E-state index contributed by atoms with van der Waals surface area (Å²) in [6.07, 6.45) is 1.95. The van der Waals surface area contributed by atoms with Crippen molar-refractivity contribution in [2.24, 2.45) is 11.7 Å². The highest BCUT2D eigenvalue weighted by molar-refractivity contribution is 7.90. The van der Waals surface area contributed by atoms with Crippen LogP contribution in [-0.4, -0.2) is 39.6 Å². The van der Waals surface area contributed by atoms with Gasteiger partial charge in [0, 0.05) is 18.8 Å². The lowest BCUT2D eigenvalue weighted by molar-refractivity contribution is 0.495. The molecular formula is C7H16N2O2S. The van der Waals surface area contributed by atoms with Gasteiger partial charge in [-0.15, -0.1) is 0 Å². The Bertz CT molecular complexity index is 238. The predicted octanol–water partition coefficient (Wildman–Crippen LogP) is -1.03. The topological polar surface area (TPSA) is 72.2 Å². The lowest BCUT2D eigenvalue weighted by Crippen LogP contribution is -2.30. The van der Waals surface area contributed by atoms with Crippen molar-refractivity contribution in [1.29, 1.82) is 0 Å². The highest BCUT2D eigenvalue weighted by Gasteiger charge is 2.24. The molecule has 12 heavy (non-hydrogen) atoms. The molecular weight excluding hydrogens is 176 g/mol. The van der Waals surface area contributed by atoms with Crippen molar-refractivity contribution in [2.45, 2.75) is 12.5 Å².